The summed E-state index contributed by atoms with van der Waals surface area (Å²) in [6.07, 6.45) is 2.79. The molecule has 0 atom stereocenters. The lowest BCUT2D eigenvalue weighted by Crippen LogP contribution is -2.24. The Labute approximate surface area is 158 Å². The van der Waals surface area contributed by atoms with Gasteiger partial charge in [-0.05, 0) is 48.0 Å². The van der Waals surface area contributed by atoms with Crippen molar-refractivity contribution in [3.05, 3.63) is 0 Å². The molecule has 0 aliphatic rings. The first-order valence-electron chi connectivity index (χ1n) is 7.99. The van der Waals surface area contributed by atoms with Crippen LogP contribution in [0.3, 0.4) is 0 Å². The molecule has 0 aromatic carbocycles. The molecule has 0 fully saturated rings. The van der Waals surface area contributed by atoms with Crippen molar-refractivity contribution in [1.82, 2.24) is 5.32 Å². The Hall–Kier alpha value is 1.78. The van der Waals surface area contributed by atoms with Crippen molar-refractivity contribution >= 4 is 49.8 Å². The SMILES string of the molecule is Br.Br.CC(C)P(CCNCCP(C(C)C)C(C)C)C(C)C. The van der Waals surface area contributed by atoms with Crippen LogP contribution < -0.4 is 5.32 Å². The van der Waals surface area contributed by atoms with Crippen LogP contribution >= 0.6 is 49.8 Å². The molecule has 5 heteroatoms. The number of rotatable bonds is 10. The second-order valence-corrected chi connectivity index (χ2v) is 13.7. The summed E-state index contributed by atoms with van der Waals surface area (Å²) < 4.78 is 0. The Kier molecular flexibility index (Phi) is 20.1. The van der Waals surface area contributed by atoms with Crippen LogP contribution in [0.25, 0.3) is 0 Å². The number of hydrogen-bond donors (Lipinski definition) is 1. The lowest BCUT2D eigenvalue weighted by Gasteiger charge is -2.27. The van der Waals surface area contributed by atoms with E-state index in [1.54, 1.807) is 0 Å². The first-order chi connectivity index (χ1) is 8.77. The van der Waals surface area contributed by atoms with Crippen LogP contribution in [0.5, 0.6) is 0 Å². The maximum absolute atomic E-state index is 3.70. The average molecular weight is 467 g/mol. The summed E-state index contributed by atoms with van der Waals surface area (Å²) in [5.41, 5.74) is 3.50. The predicted molar refractivity (Wildman–Crippen MR) is 118 cm³/mol. The molecule has 1 nitrogen and oxygen atoms in total. The fraction of sp³-hybridized carbons (Fsp3) is 1.00. The number of halogens is 2. The molecule has 0 radical (unpaired) electrons. The Bertz CT molecular complexity index is 186. The normalized spacial score (nSPS) is 11.7. The van der Waals surface area contributed by atoms with Crippen LogP contribution in [0, 0.1) is 0 Å². The zero-order chi connectivity index (χ0) is 15.0. The molecule has 21 heavy (non-hydrogen) atoms. The van der Waals surface area contributed by atoms with Crippen molar-refractivity contribution < 1.29 is 0 Å². The predicted octanol–water partition coefficient (Wildman–Crippen LogP) is 6.33. The standard InChI is InChI=1S/C16H37NP2.2BrH/c1-13(2)18(14(3)4)11-9-17-10-12-19(15(5)6)16(7)8;;/h13-17H,9-12H2,1-8H3;2*1H. The highest BCUT2D eigenvalue weighted by Gasteiger charge is 2.17. The largest absolute Gasteiger partial charge is 0.316 e. The van der Waals surface area contributed by atoms with E-state index in [1.165, 1.54) is 25.4 Å². The molecule has 0 saturated heterocycles. The van der Waals surface area contributed by atoms with Crippen molar-refractivity contribution in [3.8, 4) is 0 Å². The Morgan fingerprint density at radius 2 is 0.810 bits per heavy atom. The van der Waals surface area contributed by atoms with Gasteiger partial charge in [0, 0.05) is 0 Å². The van der Waals surface area contributed by atoms with Crippen LogP contribution in [0.4, 0.5) is 0 Å². The highest BCUT2D eigenvalue weighted by molar-refractivity contribution is 8.93. The highest BCUT2D eigenvalue weighted by Crippen LogP contribution is 2.46. The average Bonchev–Trinajstić information content (AvgIpc) is 2.25. The van der Waals surface area contributed by atoms with Crippen molar-refractivity contribution in [2.75, 3.05) is 25.4 Å². The third-order valence-electron chi connectivity index (χ3n) is 3.75. The van der Waals surface area contributed by atoms with E-state index in [2.05, 4.69) is 60.7 Å². The van der Waals surface area contributed by atoms with Crippen LogP contribution in [0.1, 0.15) is 55.4 Å². The van der Waals surface area contributed by atoms with Crippen molar-refractivity contribution in [3.63, 3.8) is 0 Å². The first kappa shape index (κ1) is 27.6. The molecular formula is C16H39Br2NP2. The van der Waals surface area contributed by atoms with Gasteiger partial charge >= 0.3 is 0 Å². The van der Waals surface area contributed by atoms with Crippen molar-refractivity contribution in [2.45, 2.75) is 78.0 Å². The van der Waals surface area contributed by atoms with E-state index < -0.39 is 0 Å². The lowest BCUT2D eigenvalue weighted by molar-refractivity contribution is 0.760. The summed E-state index contributed by atoms with van der Waals surface area (Å²) in [7, 11) is 0.415. The van der Waals surface area contributed by atoms with Crippen LogP contribution in [0.15, 0.2) is 0 Å². The molecule has 0 heterocycles. The quantitative estimate of drug-likeness (QED) is 0.293. The van der Waals surface area contributed by atoms with Gasteiger partial charge in [0.2, 0.25) is 0 Å². The fourth-order valence-electron chi connectivity index (χ4n) is 2.77. The summed E-state index contributed by atoms with van der Waals surface area (Å²) in [6.45, 7) is 21.6. The lowest BCUT2D eigenvalue weighted by atomic mass is 10.5. The molecular weight excluding hydrogens is 428 g/mol. The van der Waals surface area contributed by atoms with Crippen LogP contribution in [0.2, 0.25) is 0 Å². The first-order valence-corrected chi connectivity index (χ1v) is 11.3. The second kappa shape index (κ2) is 15.3. The fourth-order valence-corrected chi connectivity index (χ4v) is 8.05. The van der Waals surface area contributed by atoms with Crippen molar-refractivity contribution in [1.29, 1.82) is 0 Å². The monoisotopic (exact) mass is 465 g/mol. The Morgan fingerprint density at radius 1 is 0.571 bits per heavy atom. The van der Waals surface area contributed by atoms with E-state index in [-0.39, 0.29) is 49.8 Å². The molecule has 0 aromatic rings. The highest BCUT2D eigenvalue weighted by atomic mass is 79.9. The van der Waals surface area contributed by atoms with E-state index >= 15 is 0 Å². The Morgan fingerprint density at radius 3 is 1.00 bits per heavy atom. The maximum atomic E-state index is 3.70. The van der Waals surface area contributed by atoms with E-state index in [0.717, 1.165) is 22.6 Å². The van der Waals surface area contributed by atoms with Gasteiger partial charge in [0.05, 0.1) is 0 Å². The van der Waals surface area contributed by atoms with E-state index in [4.69, 9.17) is 0 Å². The summed E-state index contributed by atoms with van der Waals surface area (Å²) in [6, 6.07) is 0. The molecule has 0 aliphatic heterocycles. The van der Waals surface area contributed by atoms with Gasteiger partial charge in [0.1, 0.15) is 0 Å². The minimum absolute atomic E-state index is 0. The number of nitrogens with one attached hydrogen (secondary N) is 1. The van der Waals surface area contributed by atoms with Gasteiger partial charge in [-0.1, -0.05) is 55.4 Å². The summed E-state index contributed by atoms with van der Waals surface area (Å²) in [5, 5.41) is 3.70. The topological polar surface area (TPSA) is 12.0 Å². The molecule has 1 N–H and O–H groups in total. The van der Waals surface area contributed by atoms with E-state index in [1.807, 2.05) is 0 Å². The van der Waals surface area contributed by atoms with Gasteiger partial charge in [-0.2, -0.15) is 0 Å². The van der Waals surface area contributed by atoms with Gasteiger partial charge < -0.3 is 5.32 Å². The molecule has 0 aromatic heterocycles. The third-order valence-corrected chi connectivity index (χ3v) is 10.5. The Balaban J connectivity index is -0.00000162. The zero-order valence-electron chi connectivity index (χ0n) is 15.3. The summed E-state index contributed by atoms with van der Waals surface area (Å²) in [4.78, 5) is 0. The summed E-state index contributed by atoms with van der Waals surface area (Å²) in [5.74, 6) is 0. The number of hydrogen-bond acceptors (Lipinski definition) is 1. The van der Waals surface area contributed by atoms with Gasteiger partial charge in [0.15, 0.2) is 0 Å². The molecule has 0 bridgehead atoms. The van der Waals surface area contributed by atoms with Gasteiger partial charge in [-0.3, -0.25) is 0 Å². The molecule has 0 spiro atoms. The minimum Gasteiger partial charge on any atom is -0.316 e. The molecule has 0 saturated carbocycles. The summed E-state index contributed by atoms with van der Waals surface area (Å²) >= 11 is 0. The third kappa shape index (κ3) is 12.8. The smallest absolute Gasteiger partial charge is 0.000917 e. The zero-order valence-corrected chi connectivity index (χ0v) is 20.6. The molecule has 0 rings (SSSR count). The van der Waals surface area contributed by atoms with Crippen molar-refractivity contribution in [2.24, 2.45) is 0 Å². The maximum Gasteiger partial charge on any atom is -0.000917 e. The molecule has 0 amide bonds. The van der Waals surface area contributed by atoms with Gasteiger partial charge in [0.25, 0.3) is 0 Å². The van der Waals surface area contributed by atoms with Crippen LogP contribution in [-0.2, 0) is 0 Å². The van der Waals surface area contributed by atoms with E-state index in [0.29, 0.717) is 0 Å². The molecule has 132 valence electrons. The van der Waals surface area contributed by atoms with Crippen LogP contribution in [-0.4, -0.2) is 48.0 Å². The minimum atomic E-state index is 0. The van der Waals surface area contributed by atoms with Gasteiger partial charge in [-0.15, -0.1) is 49.8 Å². The van der Waals surface area contributed by atoms with Gasteiger partial charge in [-0.25, -0.2) is 0 Å². The van der Waals surface area contributed by atoms with E-state index in [9.17, 15) is 0 Å². The molecule has 0 unspecified atom stereocenters. The molecule has 0 aliphatic carbocycles. The second-order valence-electron chi connectivity index (χ2n) is 6.60.